The first-order valence-corrected chi connectivity index (χ1v) is 10.6. The molecule has 0 bridgehead atoms. The fraction of sp³-hybridized carbons (Fsp3) is 0.273. The van der Waals surface area contributed by atoms with E-state index in [0.29, 0.717) is 11.0 Å². The second kappa shape index (κ2) is 10.1. The Hall–Kier alpha value is -3.13. The number of thioether (sulfide) groups is 1. The lowest BCUT2D eigenvalue weighted by atomic mass is 10.1. The number of esters is 1. The second-order valence-corrected chi connectivity index (χ2v) is 7.89. The Morgan fingerprint density at radius 1 is 1.03 bits per heavy atom. The third-order valence-corrected chi connectivity index (χ3v) is 5.38. The number of methoxy groups -OCH3 is 1. The van der Waals surface area contributed by atoms with Gasteiger partial charge < -0.3 is 10.1 Å². The van der Waals surface area contributed by atoms with E-state index in [1.54, 1.807) is 0 Å². The molecule has 156 valence electrons. The number of nitrogens with one attached hydrogen (secondary N) is 1. The lowest BCUT2D eigenvalue weighted by molar-refractivity contribution is -0.146. The van der Waals surface area contributed by atoms with Gasteiger partial charge in [-0.05, 0) is 18.1 Å². The molecule has 2 aromatic carbocycles. The van der Waals surface area contributed by atoms with E-state index in [1.165, 1.54) is 18.9 Å². The SMILES string of the molecule is COC(=O)C(NC(=O)CSc1nnc(-c2ccccc2)n1-c1ccccc1)C(C)C. The highest BCUT2D eigenvalue weighted by atomic mass is 32.2. The van der Waals surface area contributed by atoms with Gasteiger partial charge in [-0.2, -0.15) is 0 Å². The van der Waals surface area contributed by atoms with Crippen molar-refractivity contribution in [2.75, 3.05) is 12.9 Å². The first-order valence-electron chi connectivity index (χ1n) is 9.57. The zero-order valence-corrected chi connectivity index (χ0v) is 17.9. The minimum absolute atomic E-state index is 0.0796. The van der Waals surface area contributed by atoms with Gasteiger partial charge in [0.25, 0.3) is 0 Å². The van der Waals surface area contributed by atoms with Crippen LogP contribution < -0.4 is 5.32 Å². The summed E-state index contributed by atoms with van der Waals surface area (Å²) in [6.07, 6.45) is 0. The molecule has 0 saturated carbocycles. The van der Waals surface area contributed by atoms with E-state index >= 15 is 0 Å². The molecule has 1 aromatic heterocycles. The Labute approximate surface area is 179 Å². The number of para-hydroxylation sites is 1. The van der Waals surface area contributed by atoms with Gasteiger partial charge in [-0.3, -0.25) is 9.36 Å². The largest absolute Gasteiger partial charge is 0.467 e. The maximum atomic E-state index is 12.5. The van der Waals surface area contributed by atoms with E-state index in [-0.39, 0.29) is 17.6 Å². The maximum absolute atomic E-state index is 12.5. The first kappa shape index (κ1) is 21.6. The zero-order chi connectivity index (χ0) is 21.5. The van der Waals surface area contributed by atoms with Gasteiger partial charge in [0.05, 0.1) is 12.9 Å². The van der Waals surface area contributed by atoms with E-state index in [4.69, 9.17) is 4.74 Å². The summed E-state index contributed by atoms with van der Waals surface area (Å²) in [5.74, 6) is -0.0153. The van der Waals surface area contributed by atoms with Crippen molar-refractivity contribution < 1.29 is 14.3 Å². The number of carbonyl (C=O) groups is 2. The van der Waals surface area contributed by atoms with Crippen LogP contribution in [0.5, 0.6) is 0 Å². The summed E-state index contributed by atoms with van der Waals surface area (Å²) in [6, 6.07) is 18.8. The number of carbonyl (C=O) groups excluding carboxylic acids is 2. The number of aromatic nitrogens is 3. The van der Waals surface area contributed by atoms with Gasteiger partial charge in [0.2, 0.25) is 5.91 Å². The number of hydrogen-bond donors (Lipinski definition) is 1. The predicted octanol–water partition coefficient (Wildman–Crippen LogP) is 3.34. The van der Waals surface area contributed by atoms with Crippen LogP contribution in [0.3, 0.4) is 0 Å². The molecule has 0 aliphatic carbocycles. The number of nitrogens with zero attached hydrogens (tertiary/aromatic N) is 3. The van der Waals surface area contributed by atoms with Crippen LogP contribution in [0, 0.1) is 5.92 Å². The molecule has 0 saturated heterocycles. The molecular weight excluding hydrogens is 400 g/mol. The summed E-state index contributed by atoms with van der Waals surface area (Å²) in [5.41, 5.74) is 1.83. The molecule has 0 radical (unpaired) electrons. The van der Waals surface area contributed by atoms with Gasteiger partial charge in [-0.1, -0.05) is 74.1 Å². The minimum Gasteiger partial charge on any atom is -0.467 e. The molecule has 1 N–H and O–H groups in total. The Kier molecular flexibility index (Phi) is 7.24. The van der Waals surface area contributed by atoms with Gasteiger partial charge in [-0.25, -0.2) is 4.79 Å². The first-order chi connectivity index (χ1) is 14.5. The van der Waals surface area contributed by atoms with Crippen LogP contribution in [0.2, 0.25) is 0 Å². The number of ether oxygens (including phenoxy) is 1. The van der Waals surface area contributed by atoms with E-state index in [2.05, 4.69) is 15.5 Å². The molecule has 0 fully saturated rings. The van der Waals surface area contributed by atoms with E-state index in [0.717, 1.165) is 11.3 Å². The van der Waals surface area contributed by atoms with Crippen LogP contribution in [0.1, 0.15) is 13.8 Å². The summed E-state index contributed by atoms with van der Waals surface area (Å²) in [6.45, 7) is 3.71. The lowest BCUT2D eigenvalue weighted by Gasteiger charge is -2.19. The average molecular weight is 425 g/mol. The zero-order valence-electron chi connectivity index (χ0n) is 17.1. The number of amides is 1. The quantitative estimate of drug-likeness (QED) is 0.441. The number of hydrogen-bond acceptors (Lipinski definition) is 6. The Balaban J connectivity index is 1.82. The normalized spacial score (nSPS) is 11.9. The number of rotatable bonds is 8. The Bertz CT molecular complexity index is 990. The van der Waals surface area contributed by atoms with Crippen molar-refractivity contribution in [1.82, 2.24) is 20.1 Å². The molecule has 3 aromatic rings. The highest BCUT2D eigenvalue weighted by Gasteiger charge is 2.25. The molecule has 0 spiro atoms. The molecule has 0 aliphatic rings. The molecule has 1 amide bonds. The van der Waals surface area contributed by atoms with Gasteiger partial charge in [-0.15, -0.1) is 10.2 Å². The Morgan fingerprint density at radius 2 is 1.67 bits per heavy atom. The smallest absolute Gasteiger partial charge is 0.328 e. The molecular formula is C22H24N4O3S. The van der Waals surface area contributed by atoms with Gasteiger partial charge in [0.15, 0.2) is 11.0 Å². The molecule has 8 heteroatoms. The molecule has 1 unspecified atom stereocenters. The monoisotopic (exact) mass is 424 g/mol. The van der Waals surface area contributed by atoms with Crippen LogP contribution in [0.4, 0.5) is 0 Å². The lowest BCUT2D eigenvalue weighted by Crippen LogP contribution is -2.45. The van der Waals surface area contributed by atoms with Crippen molar-refractivity contribution >= 4 is 23.6 Å². The third-order valence-electron chi connectivity index (χ3n) is 4.45. The topological polar surface area (TPSA) is 86.1 Å². The van der Waals surface area contributed by atoms with Crippen LogP contribution in [0.15, 0.2) is 65.8 Å². The van der Waals surface area contributed by atoms with Gasteiger partial charge in [0, 0.05) is 11.3 Å². The van der Waals surface area contributed by atoms with Crippen LogP contribution in [-0.4, -0.2) is 45.5 Å². The molecule has 1 heterocycles. The second-order valence-electron chi connectivity index (χ2n) is 6.94. The van der Waals surface area contributed by atoms with Crippen LogP contribution in [0.25, 0.3) is 17.1 Å². The van der Waals surface area contributed by atoms with E-state index < -0.39 is 12.0 Å². The Morgan fingerprint density at radius 3 is 2.27 bits per heavy atom. The minimum atomic E-state index is -0.685. The summed E-state index contributed by atoms with van der Waals surface area (Å²) in [4.78, 5) is 24.4. The summed E-state index contributed by atoms with van der Waals surface area (Å²) in [5, 5.41) is 12.0. The highest BCUT2D eigenvalue weighted by molar-refractivity contribution is 7.99. The van der Waals surface area contributed by atoms with Crippen molar-refractivity contribution in [1.29, 1.82) is 0 Å². The van der Waals surface area contributed by atoms with Crippen LogP contribution >= 0.6 is 11.8 Å². The van der Waals surface area contributed by atoms with Gasteiger partial charge in [0.1, 0.15) is 6.04 Å². The predicted molar refractivity (Wildman–Crippen MR) is 116 cm³/mol. The van der Waals surface area contributed by atoms with Crippen molar-refractivity contribution in [2.24, 2.45) is 5.92 Å². The summed E-state index contributed by atoms with van der Waals surface area (Å²) in [7, 11) is 1.31. The summed E-state index contributed by atoms with van der Waals surface area (Å²) < 4.78 is 6.70. The van der Waals surface area contributed by atoms with Crippen molar-refractivity contribution in [3.05, 3.63) is 60.7 Å². The summed E-state index contributed by atoms with van der Waals surface area (Å²) >= 11 is 1.26. The molecule has 0 aliphatic heterocycles. The third kappa shape index (κ3) is 5.07. The maximum Gasteiger partial charge on any atom is 0.328 e. The van der Waals surface area contributed by atoms with Crippen LogP contribution in [-0.2, 0) is 14.3 Å². The van der Waals surface area contributed by atoms with Crippen molar-refractivity contribution in [3.63, 3.8) is 0 Å². The van der Waals surface area contributed by atoms with E-state index in [1.807, 2.05) is 79.1 Å². The fourth-order valence-corrected chi connectivity index (χ4v) is 3.68. The van der Waals surface area contributed by atoms with E-state index in [9.17, 15) is 9.59 Å². The molecule has 1 atom stereocenters. The van der Waals surface area contributed by atoms with Gasteiger partial charge >= 0.3 is 5.97 Å². The standard InChI is InChI=1S/C22H24N4O3S/c1-15(2)19(21(28)29-3)23-18(27)14-30-22-25-24-20(16-10-6-4-7-11-16)26(22)17-12-8-5-9-13-17/h4-13,15,19H,14H2,1-3H3,(H,23,27). The van der Waals surface area contributed by atoms with Crippen molar-refractivity contribution in [2.45, 2.75) is 25.0 Å². The van der Waals surface area contributed by atoms with Crippen molar-refractivity contribution in [3.8, 4) is 17.1 Å². The number of benzene rings is 2. The highest BCUT2D eigenvalue weighted by Crippen LogP contribution is 2.27. The molecule has 30 heavy (non-hydrogen) atoms. The average Bonchev–Trinajstić information content (AvgIpc) is 3.20. The fourth-order valence-electron chi connectivity index (χ4n) is 2.92. The molecule has 3 rings (SSSR count). The molecule has 7 nitrogen and oxygen atoms in total.